The molecule has 4 aromatic rings. The predicted octanol–water partition coefficient (Wildman–Crippen LogP) is -0.228. The van der Waals surface area contributed by atoms with Crippen molar-refractivity contribution >= 4 is 95.5 Å². The van der Waals surface area contributed by atoms with E-state index in [0.717, 1.165) is 0 Å². The Morgan fingerprint density at radius 2 is 0.788 bits per heavy atom. The Kier molecular flexibility index (Phi) is 5.29. The van der Waals surface area contributed by atoms with Gasteiger partial charge in [0.15, 0.2) is 0 Å². The smallest absolute Gasteiger partial charge is 0.147 e. The first kappa shape index (κ1) is 21.0. The molecular weight excluding hydrogens is 522 g/mol. The van der Waals surface area contributed by atoms with Crippen molar-refractivity contribution in [3.8, 4) is 0 Å². The number of fused-ring (bicyclic) bond motifs is 6. The predicted molar refractivity (Wildman–Crippen MR) is 138 cm³/mol. The summed E-state index contributed by atoms with van der Waals surface area (Å²) in [5.74, 6) is 0. The molecule has 0 bridgehead atoms. The second-order valence-electron chi connectivity index (χ2n) is 8.40. The summed E-state index contributed by atoms with van der Waals surface area (Å²) in [6.07, 6.45) is 9.04. The van der Waals surface area contributed by atoms with E-state index in [0.29, 0.717) is 0 Å². The molecule has 33 heavy (non-hydrogen) atoms. The van der Waals surface area contributed by atoms with Crippen LogP contribution in [-0.4, -0.2) is 48.9 Å². The Morgan fingerprint density at radius 1 is 0.394 bits per heavy atom. The van der Waals surface area contributed by atoms with Gasteiger partial charge >= 0.3 is 48.9 Å². The molecule has 0 aliphatic heterocycles. The monoisotopic (exact) mass is 540 g/mol. The molecule has 0 saturated carbocycles. The Bertz CT molecular complexity index is 1680. The zero-order valence-electron chi connectivity index (χ0n) is 18.1. The Labute approximate surface area is 232 Å². The number of hydrogen-bond acceptors (Lipinski definition) is 0. The first-order valence-corrected chi connectivity index (χ1v) is 11.0. The molecule has 0 saturated heterocycles. The fourth-order valence-electron chi connectivity index (χ4n) is 5.15. The summed E-state index contributed by atoms with van der Waals surface area (Å²) in [5.41, 5.74) is 5.42. The summed E-state index contributed by atoms with van der Waals surface area (Å²) in [6.45, 7) is 0. The van der Waals surface area contributed by atoms with E-state index in [9.17, 15) is 0 Å². The molecule has 0 fully saturated rings. The summed E-state index contributed by atoms with van der Waals surface area (Å²) >= 11 is 0. The Hall–Kier alpha value is -2.59. The fraction of sp³-hybridized carbons (Fsp3) is 0. The minimum atomic E-state index is 0. The second kappa shape index (κ2) is 8.32. The van der Waals surface area contributed by atoms with Crippen molar-refractivity contribution < 1.29 is 0 Å². The van der Waals surface area contributed by atoms with E-state index in [2.05, 4.69) is 109 Å². The van der Waals surface area contributed by atoms with E-state index in [1.165, 1.54) is 64.0 Å². The van der Waals surface area contributed by atoms with E-state index >= 15 is 0 Å². The molecular formula is C32H18Ba. The standard InChI is InChI=1S/2C16H9.Ba/c2*1-3-7-13-11(5-1)9-15-14-8-4-2-6-12(14)10-16(13)15;/h2*1-5,7-10H;/q2*-1;+2. The molecule has 4 aromatic carbocycles. The van der Waals surface area contributed by atoms with Crippen molar-refractivity contribution in [3.63, 3.8) is 0 Å². The summed E-state index contributed by atoms with van der Waals surface area (Å²) in [4.78, 5) is 0. The molecule has 0 N–H and O–H groups in total. The average molecular weight is 540 g/mol. The van der Waals surface area contributed by atoms with Crippen molar-refractivity contribution in [2.75, 3.05) is 0 Å². The molecule has 0 unspecified atom stereocenters. The molecule has 0 amide bonds. The maximum absolute atomic E-state index is 3.29. The van der Waals surface area contributed by atoms with Crippen LogP contribution in [0.3, 0.4) is 0 Å². The number of hydrogen-bond donors (Lipinski definition) is 0. The zero-order valence-corrected chi connectivity index (χ0v) is 22.5. The van der Waals surface area contributed by atoms with Crippen molar-refractivity contribution in [1.29, 1.82) is 0 Å². The normalized spacial score (nSPS) is 14.5. The van der Waals surface area contributed by atoms with Gasteiger partial charge in [0, 0.05) is 0 Å². The van der Waals surface area contributed by atoms with E-state index < -0.39 is 0 Å². The summed E-state index contributed by atoms with van der Waals surface area (Å²) < 4.78 is 0. The van der Waals surface area contributed by atoms with Gasteiger partial charge < -0.3 is 0 Å². The van der Waals surface area contributed by atoms with E-state index in [4.69, 9.17) is 0 Å². The van der Waals surface area contributed by atoms with Crippen LogP contribution in [0.15, 0.2) is 84.9 Å². The number of benzene rings is 4. The molecule has 0 heterocycles. The average Bonchev–Trinajstić information content (AvgIpc) is 3.57. The largest absolute Gasteiger partial charge is 2.00 e. The molecule has 0 radical (unpaired) electrons. The van der Waals surface area contributed by atoms with Crippen LogP contribution in [0.4, 0.5) is 0 Å². The summed E-state index contributed by atoms with van der Waals surface area (Å²) in [5, 5.41) is 10.4. The van der Waals surface area contributed by atoms with E-state index in [-0.39, 0.29) is 48.9 Å². The van der Waals surface area contributed by atoms with Gasteiger partial charge in [-0.25, -0.2) is 0 Å². The van der Waals surface area contributed by atoms with Crippen LogP contribution in [0, 0.1) is 12.1 Å². The topological polar surface area (TPSA) is 0 Å². The first-order chi connectivity index (χ1) is 15.9. The van der Waals surface area contributed by atoms with Crippen molar-refractivity contribution in [2.45, 2.75) is 0 Å². The van der Waals surface area contributed by atoms with E-state index in [1.807, 2.05) is 12.1 Å². The molecule has 0 aromatic heterocycles. The Balaban J connectivity index is 0.000000121. The van der Waals surface area contributed by atoms with Gasteiger partial charge in [-0.3, -0.25) is 0 Å². The van der Waals surface area contributed by atoms with Gasteiger partial charge in [0.25, 0.3) is 0 Å². The third-order valence-electron chi connectivity index (χ3n) is 6.62. The van der Waals surface area contributed by atoms with Gasteiger partial charge in [0.05, 0.1) is 0 Å². The molecule has 0 nitrogen and oxygen atoms in total. The van der Waals surface area contributed by atoms with Crippen molar-refractivity contribution in [3.05, 3.63) is 139 Å². The molecule has 0 spiro atoms. The number of rotatable bonds is 0. The van der Waals surface area contributed by atoms with Gasteiger partial charge in [0.2, 0.25) is 0 Å². The zero-order chi connectivity index (χ0) is 21.1. The van der Waals surface area contributed by atoms with Crippen LogP contribution < -0.4 is 41.7 Å². The third-order valence-corrected chi connectivity index (χ3v) is 6.62. The van der Waals surface area contributed by atoms with Crippen molar-refractivity contribution in [2.24, 2.45) is 0 Å². The maximum atomic E-state index is 3.29. The summed E-state index contributed by atoms with van der Waals surface area (Å²) in [7, 11) is 0. The molecule has 0 atom stereocenters. The van der Waals surface area contributed by atoms with Crippen LogP contribution in [0.25, 0.3) is 46.6 Å². The molecule has 148 valence electrons. The quantitative estimate of drug-likeness (QED) is 0.214. The Morgan fingerprint density at radius 3 is 1.27 bits per heavy atom. The van der Waals surface area contributed by atoms with Gasteiger partial charge in [-0.15, -0.1) is 81.6 Å². The third kappa shape index (κ3) is 3.33. The van der Waals surface area contributed by atoms with Crippen LogP contribution in [-0.2, 0) is 0 Å². The SMILES string of the molecule is [Ba+2].[c-]1cccc2c1=CC1=c3ccccc3=CC=21.[c-]1cccc2c1=CC1=c3ccccc3=CC=21. The molecule has 1 heteroatoms. The minimum Gasteiger partial charge on any atom is -0.147 e. The molecule has 4 aliphatic carbocycles. The second-order valence-corrected chi connectivity index (χ2v) is 8.40. The van der Waals surface area contributed by atoms with Gasteiger partial charge in [-0.1, -0.05) is 83.0 Å². The van der Waals surface area contributed by atoms with Crippen LogP contribution in [0.2, 0.25) is 0 Å². The van der Waals surface area contributed by atoms with Crippen LogP contribution in [0.1, 0.15) is 0 Å². The van der Waals surface area contributed by atoms with Gasteiger partial charge in [-0.05, 0) is 20.9 Å². The van der Waals surface area contributed by atoms with Crippen LogP contribution >= 0.6 is 0 Å². The van der Waals surface area contributed by atoms with Crippen LogP contribution in [0.5, 0.6) is 0 Å². The maximum Gasteiger partial charge on any atom is 2.00 e. The first-order valence-electron chi connectivity index (χ1n) is 11.0. The fourth-order valence-corrected chi connectivity index (χ4v) is 5.15. The molecule has 8 rings (SSSR count). The van der Waals surface area contributed by atoms with E-state index in [1.54, 1.807) is 0 Å². The van der Waals surface area contributed by atoms with Gasteiger partial charge in [0.1, 0.15) is 0 Å². The van der Waals surface area contributed by atoms with Gasteiger partial charge in [-0.2, -0.15) is 0 Å². The molecule has 4 aliphatic rings. The summed E-state index contributed by atoms with van der Waals surface area (Å²) in [6, 6.07) is 36.1. The van der Waals surface area contributed by atoms with Crippen molar-refractivity contribution in [1.82, 2.24) is 0 Å². The minimum absolute atomic E-state index is 0.